The van der Waals surface area contributed by atoms with Crippen LogP contribution in [0.15, 0.2) is 42.6 Å². The number of rotatable bonds is 3. The molecule has 5 heteroatoms. The van der Waals surface area contributed by atoms with Gasteiger partial charge in [-0.2, -0.15) is 0 Å². The van der Waals surface area contributed by atoms with Crippen LogP contribution >= 0.6 is 0 Å². The number of morpholine rings is 1. The van der Waals surface area contributed by atoms with Gasteiger partial charge in [-0.1, -0.05) is 29.8 Å². The summed E-state index contributed by atoms with van der Waals surface area (Å²) < 4.78 is 8.09. The molecule has 5 nitrogen and oxygen atoms in total. The zero-order valence-electron chi connectivity index (χ0n) is 16.5. The van der Waals surface area contributed by atoms with Crippen molar-refractivity contribution >= 4 is 5.91 Å². The average molecular weight is 367 g/mol. The smallest absolute Gasteiger partial charge is 0.236 e. The fraction of sp³-hybridized carbons (Fsp3) is 0.500. The lowest BCUT2D eigenvalue weighted by Gasteiger charge is -2.40. The molecule has 3 unspecified atom stereocenters. The third kappa shape index (κ3) is 3.80. The van der Waals surface area contributed by atoms with Crippen LogP contribution in [0.1, 0.15) is 36.7 Å². The Balaban J connectivity index is 1.57. The van der Waals surface area contributed by atoms with Crippen molar-refractivity contribution in [3.05, 3.63) is 59.4 Å². The summed E-state index contributed by atoms with van der Waals surface area (Å²) in [6.45, 7) is 9.80. The lowest BCUT2D eigenvalue weighted by atomic mass is 9.99. The third-order valence-electron chi connectivity index (χ3n) is 5.64. The summed E-state index contributed by atoms with van der Waals surface area (Å²) in [4.78, 5) is 17.4. The van der Waals surface area contributed by atoms with Crippen molar-refractivity contribution in [3.63, 3.8) is 0 Å². The molecule has 0 saturated carbocycles. The summed E-state index contributed by atoms with van der Waals surface area (Å²) >= 11 is 0. The summed E-state index contributed by atoms with van der Waals surface area (Å²) in [5.74, 6) is 0.203. The lowest BCUT2D eigenvalue weighted by molar-refractivity contribution is -0.145. The van der Waals surface area contributed by atoms with Gasteiger partial charge >= 0.3 is 0 Å². The third-order valence-corrected chi connectivity index (χ3v) is 5.64. The average Bonchev–Trinajstić information content (AvgIpc) is 3.10. The molecule has 1 fully saturated rings. The van der Waals surface area contributed by atoms with Gasteiger partial charge < -0.3 is 14.2 Å². The number of ether oxygens (including phenoxy) is 1. The molecule has 1 saturated heterocycles. The summed E-state index contributed by atoms with van der Waals surface area (Å²) in [6.07, 6.45) is 2.34. The van der Waals surface area contributed by atoms with Crippen LogP contribution in [0.25, 0.3) is 0 Å². The Labute approximate surface area is 161 Å². The van der Waals surface area contributed by atoms with Crippen LogP contribution in [0.2, 0.25) is 0 Å². The van der Waals surface area contributed by atoms with Crippen LogP contribution in [0, 0.1) is 6.92 Å². The maximum absolute atomic E-state index is 13.1. The second-order valence-electron chi connectivity index (χ2n) is 7.97. The summed E-state index contributed by atoms with van der Waals surface area (Å²) in [6, 6.07) is 13.1. The van der Waals surface area contributed by atoms with Crippen LogP contribution in [0.4, 0.5) is 0 Å². The molecule has 2 aromatic rings. The van der Waals surface area contributed by atoms with Crippen molar-refractivity contribution in [1.82, 2.24) is 14.4 Å². The van der Waals surface area contributed by atoms with Crippen LogP contribution in [0.5, 0.6) is 0 Å². The number of aromatic nitrogens is 1. The molecule has 27 heavy (non-hydrogen) atoms. The van der Waals surface area contributed by atoms with Crippen molar-refractivity contribution in [2.24, 2.45) is 0 Å². The summed E-state index contributed by atoms with van der Waals surface area (Å²) in [7, 11) is 0. The topological polar surface area (TPSA) is 37.7 Å². The van der Waals surface area contributed by atoms with E-state index in [0.29, 0.717) is 19.6 Å². The molecule has 3 heterocycles. The predicted molar refractivity (Wildman–Crippen MR) is 106 cm³/mol. The quantitative estimate of drug-likeness (QED) is 0.837. The number of amides is 1. The molecule has 2 aliphatic rings. The highest BCUT2D eigenvalue weighted by molar-refractivity contribution is 5.78. The molecule has 1 amide bonds. The van der Waals surface area contributed by atoms with E-state index in [4.69, 9.17) is 4.74 Å². The normalized spacial score (nSPS) is 26.0. The molecule has 1 aromatic heterocycles. The number of benzene rings is 1. The molecular weight excluding hydrogens is 338 g/mol. The van der Waals surface area contributed by atoms with Gasteiger partial charge in [-0.3, -0.25) is 9.69 Å². The van der Waals surface area contributed by atoms with E-state index in [1.807, 2.05) is 18.7 Å². The van der Waals surface area contributed by atoms with Crippen molar-refractivity contribution in [3.8, 4) is 0 Å². The van der Waals surface area contributed by atoms with Crippen LogP contribution < -0.4 is 0 Å². The minimum absolute atomic E-state index is 0.101. The monoisotopic (exact) mass is 367 g/mol. The van der Waals surface area contributed by atoms with Crippen molar-refractivity contribution in [1.29, 1.82) is 0 Å². The number of fused-ring (bicyclic) bond motifs is 1. The number of nitrogens with zero attached hydrogens (tertiary/aromatic N) is 3. The van der Waals surface area contributed by atoms with E-state index in [0.717, 1.165) is 13.1 Å². The Morgan fingerprint density at radius 2 is 1.78 bits per heavy atom. The van der Waals surface area contributed by atoms with Gasteiger partial charge in [-0.05, 0) is 38.5 Å². The van der Waals surface area contributed by atoms with Gasteiger partial charge in [0.2, 0.25) is 5.91 Å². The van der Waals surface area contributed by atoms with Gasteiger partial charge in [-0.15, -0.1) is 0 Å². The lowest BCUT2D eigenvalue weighted by Crippen LogP contribution is -2.52. The fourth-order valence-electron chi connectivity index (χ4n) is 4.39. The SMILES string of the molecule is Cc1ccc(C2c3cccn3CCN2CC(=O)N2CC(C)OC(C)C2)cc1. The highest BCUT2D eigenvalue weighted by Gasteiger charge is 2.33. The van der Waals surface area contributed by atoms with Crippen molar-refractivity contribution < 1.29 is 9.53 Å². The minimum Gasteiger partial charge on any atom is -0.372 e. The largest absolute Gasteiger partial charge is 0.372 e. The Hall–Kier alpha value is -2.11. The minimum atomic E-state index is 0.101. The predicted octanol–water partition coefficient (Wildman–Crippen LogP) is 2.84. The summed E-state index contributed by atoms with van der Waals surface area (Å²) in [5.41, 5.74) is 3.77. The number of hydrogen-bond acceptors (Lipinski definition) is 3. The van der Waals surface area contributed by atoms with Crippen LogP contribution in [-0.2, 0) is 16.1 Å². The first-order valence-corrected chi connectivity index (χ1v) is 9.90. The molecule has 0 N–H and O–H groups in total. The van der Waals surface area contributed by atoms with Crippen molar-refractivity contribution in [2.75, 3.05) is 26.2 Å². The van der Waals surface area contributed by atoms with Crippen LogP contribution in [-0.4, -0.2) is 58.7 Å². The zero-order valence-corrected chi connectivity index (χ0v) is 16.5. The van der Waals surface area contributed by atoms with E-state index < -0.39 is 0 Å². The highest BCUT2D eigenvalue weighted by Crippen LogP contribution is 2.32. The zero-order chi connectivity index (χ0) is 19.0. The van der Waals surface area contributed by atoms with Gasteiger partial charge in [0.1, 0.15) is 0 Å². The van der Waals surface area contributed by atoms with Gasteiger partial charge in [0.25, 0.3) is 0 Å². The molecule has 1 aromatic carbocycles. The molecule has 144 valence electrons. The molecule has 4 rings (SSSR count). The molecule has 0 spiro atoms. The molecule has 2 aliphatic heterocycles. The van der Waals surface area contributed by atoms with E-state index in [1.165, 1.54) is 16.8 Å². The first-order valence-electron chi connectivity index (χ1n) is 9.90. The highest BCUT2D eigenvalue weighted by atomic mass is 16.5. The number of hydrogen-bond donors (Lipinski definition) is 0. The standard InChI is InChI=1S/C22H29N3O2/c1-16-6-8-19(9-7-16)22-20-5-4-10-23(20)11-12-24(22)15-21(26)25-13-17(2)27-18(3)14-25/h4-10,17-18,22H,11-15H2,1-3H3. The van der Waals surface area contributed by atoms with Crippen molar-refractivity contribution in [2.45, 2.75) is 45.6 Å². The van der Waals surface area contributed by atoms with E-state index in [9.17, 15) is 4.79 Å². The van der Waals surface area contributed by atoms with E-state index in [2.05, 4.69) is 59.0 Å². The molecule has 0 bridgehead atoms. The van der Waals surface area contributed by atoms with E-state index in [-0.39, 0.29) is 24.2 Å². The van der Waals surface area contributed by atoms with E-state index in [1.54, 1.807) is 0 Å². The Morgan fingerprint density at radius 1 is 1.07 bits per heavy atom. The van der Waals surface area contributed by atoms with Gasteiger partial charge in [0.05, 0.1) is 24.8 Å². The Morgan fingerprint density at radius 3 is 2.48 bits per heavy atom. The number of carbonyl (C=O) groups is 1. The first-order chi connectivity index (χ1) is 13.0. The Bertz CT molecular complexity index is 788. The second-order valence-corrected chi connectivity index (χ2v) is 7.97. The Kier molecular flexibility index (Phi) is 5.06. The molecule has 0 aliphatic carbocycles. The first kappa shape index (κ1) is 18.3. The molecule has 3 atom stereocenters. The molecule has 0 radical (unpaired) electrons. The van der Waals surface area contributed by atoms with Gasteiger partial charge in [0, 0.05) is 38.1 Å². The van der Waals surface area contributed by atoms with Gasteiger partial charge in [0.15, 0.2) is 0 Å². The second kappa shape index (κ2) is 7.49. The summed E-state index contributed by atoms with van der Waals surface area (Å²) in [5, 5.41) is 0. The maximum Gasteiger partial charge on any atom is 0.236 e. The maximum atomic E-state index is 13.1. The van der Waals surface area contributed by atoms with E-state index >= 15 is 0 Å². The fourth-order valence-corrected chi connectivity index (χ4v) is 4.39. The van der Waals surface area contributed by atoms with Gasteiger partial charge in [-0.25, -0.2) is 0 Å². The molecular formula is C22H29N3O2. The number of aryl methyl sites for hydroxylation is 1. The number of carbonyl (C=O) groups excluding carboxylic acids is 1. The van der Waals surface area contributed by atoms with Crippen LogP contribution in [0.3, 0.4) is 0 Å².